The van der Waals surface area contributed by atoms with Gasteiger partial charge in [-0.1, -0.05) is 0 Å². The van der Waals surface area contributed by atoms with Gasteiger partial charge in [-0.15, -0.1) is 11.3 Å². The number of benzene rings is 1. The molecule has 0 saturated heterocycles. The van der Waals surface area contributed by atoms with Gasteiger partial charge in [0.1, 0.15) is 0 Å². The van der Waals surface area contributed by atoms with Crippen molar-refractivity contribution in [1.82, 2.24) is 0 Å². The minimum atomic E-state index is 0.283. The number of hydrogen-bond acceptors (Lipinski definition) is 4. The SMILES string of the molecule is Cc1cc(C(C)Nc2ccc3c(c2)OCO3)c(C)s1. The molecule has 3 nitrogen and oxygen atoms in total. The smallest absolute Gasteiger partial charge is 0.231 e. The van der Waals surface area contributed by atoms with E-state index in [1.165, 1.54) is 15.3 Å². The third-order valence-electron chi connectivity index (χ3n) is 3.30. The topological polar surface area (TPSA) is 30.5 Å². The minimum Gasteiger partial charge on any atom is -0.454 e. The monoisotopic (exact) mass is 275 g/mol. The highest BCUT2D eigenvalue weighted by molar-refractivity contribution is 7.12. The number of fused-ring (bicyclic) bond motifs is 1. The summed E-state index contributed by atoms with van der Waals surface area (Å²) in [7, 11) is 0. The average molecular weight is 275 g/mol. The van der Waals surface area contributed by atoms with Crippen molar-refractivity contribution in [2.24, 2.45) is 0 Å². The standard InChI is InChI=1S/C15H17NO2S/c1-9-6-13(11(3)19-9)10(2)16-12-4-5-14-15(7-12)18-8-17-14/h4-7,10,16H,8H2,1-3H3. The predicted octanol–water partition coefficient (Wildman–Crippen LogP) is 4.27. The third kappa shape index (κ3) is 2.40. The van der Waals surface area contributed by atoms with Crippen molar-refractivity contribution in [2.75, 3.05) is 12.1 Å². The van der Waals surface area contributed by atoms with Gasteiger partial charge in [0.2, 0.25) is 6.79 Å². The Morgan fingerprint density at radius 2 is 1.95 bits per heavy atom. The quantitative estimate of drug-likeness (QED) is 0.907. The van der Waals surface area contributed by atoms with Crippen LogP contribution in [0, 0.1) is 13.8 Å². The molecule has 100 valence electrons. The van der Waals surface area contributed by atoms with Gasteiger partial charge in [0.05, 0.1) is 0 Å². The number of thiophene rings is 1. The van der Waals surface area contributed by atoms with Gasteiger partial charge in [0.25, 0.3) is 0 Å². The second-order valence-electron chi connectivity index (χ2n) is 4.80. The lowest BCUT2D eigenvalue weighted by Gasteiger charge is -2.15. The molecule has 0 saturated carbocycles. The number of anilines is 1. The fourth-order valence-electron chi connectivity index (χ4n) is 2.39. The molecule has 1 aromatic carbocycles. The molecule has 0 amide bonds. The largest absolute Gasteiger partial charge is 0.454 e. The molecule has 1 atom stereocenters. The Labute approximate surface area is 117 Å². The van der Waals surface area contributed by atoms with Crippen molar-refractivity contribution >= 4 is 17.0 Å². The summed E-state index contributed by atoms with van der Waals surface area (Å²) in [5.74, 6) is 1.64. The van der Waals surface area contributed by atoms with Crippen LogP contribution in [0.3, 0.4) is 0 Å². The zero-order valence-electron chi connectivity index (χ0n) is 11.3. The first kappa shape index (κ1) is 12.4. The van der Waals surface area contributed by atoms with Crippen molar-refractivity contribution < 1.29 is 9.47 Å². The van der Waals surface area contributed by atoms with Gasteiger partial charge in [-0.05, 0) is 44.5 Å². The molecule has 3 rings (SSSR count). The van der Waals surface area contributed by atoms with Crippen molar-refractivity contribution in [1.29, 1.82) is 0 Å². The molecule has 1 N–H and O–H groups in total. The molecule has 0 radical (unpaired) electrons. The van der Waals surface area contributed by atoms with E-state index in [0.717, 1.165) is 17.2 Å². The molecular formula is C15H17NO2S. The third-order valence-corrected chi connectivity index (χ3v) is 4.28. The normalized spacial score (nSPS) is 14.5. The first-order valence-corrected chi connectivity index (χ1v) is 7.18. The van der Waals surface area contributed by atoms with Crippen LogP contribution < -0.4 is 14.8 Å². The molecule has 2 aromatic rings. The van der Waals surface area contributed by atoms with Gasteiger partial charge in [-0.3, -0.25) is 0 Å². The second kappa shape index (κ2) is 4.78. The number of hydrogen-bond donors (Lipinski definition) is 1. The Bertz CT molecular complexity index is 606. The lowest BCUT2D eigenvalue weighted by atomic mass is 10.1. The zero-order chi connectivity index (χ0) is 13.4. The maximum Gasteiger partial charge on any atom is 0.231 e. The highest BCUT2D eigenvalue weighted by atomic mass is 32.1. The lowest BCUT2D eigenvalue weighted by Crippen LogP contribution is -2.06. The van der Waals surface area contributed by atoms with E-state index in [0.29, 0.717) is 6.79 Å². The van der Waals surface area contributed by atoms with Gasteiger partial charge >= 0.3 is 0 Å². The Morgan fingerprint density at radius 3 is 2.68 bits per heavy atom. The second-order valence-corrected chi connectivity index (χ2v) is 6.26. The fourth-order valence-corrected chi connectivity index (χ4v) is 3.42. The number of rotatable bonds is 3. The van der Waals surface area contributed by atoms with Crippen LogP contribution in [0.25, 0.3) is 0 Å². The van der Waals surface area contributed by atoms with Gasteiger partial charge in [-0.25, -0.2) is 0 Å². The minimum absolute atomic E-state index is 0.283. The lowest BCUT2D eigenvalue weighted by molar-refractivity contribution is 0.174. The van der Waals surface area contributed by atoms with Crippen LogP contribution >= 0.6 is 11.3 Å². The summed E-state index contributed by atoms with van der Waals surface area (Å²) < 4.78 is 10.7. The van der Waals surface area contributed by atoms with E-state index < -0.39 is 0 Å². The summed E-state index contributed by atoms with van der Waals surface area (Å²) in [5.41, 5.74) is 2.42. The molecule has 0 bridgehead atoms. The predicted molar refractivity (Wildman–Crippen MR) is 78.4 cm³/mol. The van der Waals surface area contributed by atoms with Gasteiger partial charge < -0.3 is 14.8 Å². The zero-order valence-corrected chi connectivity index (χ0v) is 12.1. The molecule has 1 aliphatic heterocycles. The summed E-state index contributed by atoms with van der Waals surface area (Å²) >= 11 is 1.84. The Balaban J connectivity index is 1.79. The molecule has 19 heavy (non-hydrogen) atoms. The molecule has 0 aliphatic carbocycles. The van der Waals surface area contributed by atoms with Crippen molar-refractivity contribution in [3.05, 3.63) is 39.6 Å². The fraction of sp³-hybridized carbons (Fsp3) is 0.333. The summed E-state index contributed by atoms with van der Waals surface area (Å²) in [6.07, 6.45) is 0. The van der Waals surface area contributed by atoms with E-state index >= 15 is 0 Å². The van der Waals surface area contributed by atoms with Gasteiger partial charge in [0.15, 0.2) is 11.5 Å². The average Bonchev–Trinajstić information content (AvgIpc) is 2.94. The molecule has 0 spiro atoms. The van der Waals surface area contributed by atoms with Crippen molar-refractivity contribution in [3.63, 3.8) is 0 Å². The number of aryl methyl sites for hydroxylation is 2. The van der Waals surface area contributed by atoms with Crippen LogP contribution in [0.15, 0.2) is 24.3 Å². The molecule has 4 heteroatoms. The van der Waals surface area contributed by atoms with E-state index in [1.807, 2.05) is 29.5 Å². The summed E-state index contributed by atoms with van der Waals surface area (Å²) in [5, 5.41) is 3.51. The van der Waals surface area contributed by atoms with E-state index in [4.69, 9.17) is 9.47 Å². The summed E-state index contributed by atoms with van der Waals surface area (Å²) in [4.78, 5) is 2.73. The number of ether oxygens (including phenoxy) is 2. The van der Waals surface area contributed by atoms with Crippen molar-refractivity contribution in [2.45, 2.75) is 26.8 Å². The Morgan fingerprint density at radius 1 is 1.16 bits per heavy atom. The van der Waals surface area contributed by atoms with Crippen LogP contribution in [-0.2, 0) is 0 Å². The molecule has 0 fully saturated rings. The molecular weight excluding hydrogens is 258 g/mol. The van der Waals surface area contributed by atoms with E-state index in [-0.39, 0.29) is 6.04 Å². The van der Waals surface area contributed by atoms with E-state index in [1.54, 1.807) is 0 Å². The molecule has 2 heterocycles. The van der Waals surface area contributed by atoms with Gasteiger partial charge in [0, 0.05) is 27.5 Å². The summed E-state index contributed by atoms with van der Waals surface area (Å²) in [6.45, 7) is 6.82. The van der Waals surface area contributed by atoms with Crippen LogP contribution in [0.4, 0.5) is 5.69 Å². The molecule has 1 unspecified atom stereocenters. The molecule has 1 aromatic heterocycles. The Kier molecular flexibility index (Phi) is 3.11. The van der Waals surface area contributed by atoms with Crippen LogP contribution in [0.2, 0.25) is 0 Å². The maximum absolute atomic E-state index is 5.39. The Hall–Kier alpha value is -1.68. The molecule has 1 aliphatic rings. The highest BCUT2D eigenvalue weighted by Gasteiger charge is 2.15. The maximum atomic E-state index is 5.39. The van der Waals surface area contributed by atoms with Gasteiger partial charge in [-0.2, -0.15) is 0 Å². The van der Waals surface area contributed by atoms with Crippen molar-refractivity contribution in [3.8, 4) is 11.5 Å². The van der Waals surface area contributed by atoms with E-state index in [9.17, 15) is 0 Å². The summed E-state index contributed by atoms with van der Waals surface area (Å²) in [6, 6.07) is 8.50. The highest BCUT2D eigenvalue weighted by Crippen LogP contribution is 2.36. The van der Waals surface area contributed by atoms with Crippen LogP contribution in [0.5, 0.6) is 11.5 Å². The van der Waals surface area contributed by atoms with E-state index in [2.05, 4.69) is 32.2 Å². The van der Waals surface area contributed by atoms with Crippen LogP contribution in [0.1, 0.15) is 28.3 Å². The first-order chi connectivity index (χ1) is 9.13. The first-order valence-electron chi connectivity index (χ1n) is 6.36. The van der Waals surface area contributed by atoms with Crippen LogP contribution in [-0.4, -0.2) is 6.79 Å². The number of nitrogens with one attached hydrogen (secondary N) is 1.